The quantitative estimate of drug-likeness (QED) is 0.478. The normalized spacial score (nSPS) is 12.7. The van der Waals surface area contributed by atoms with Crippen LogP contribution in [0.1, 0.15) is 31.9 Å². The van der Waals surface area contributed by atoms with E-state index in [4.69, 9.17) is 5.14 Å². The fourth-order valence-electron chi connectivity index (χ4n) is 2.65. The van der Waals surface area contributed by atoms with E-state index < -0.39 is 10.0 Å². The molecule has 0 fully saturated rings. The van der Waals surface area contributed by atoms with Crippen LogP contribution in [-0.2, 0) is 22.9 Å². The zero-order valence-corrected chi connectivity index (χ0v) is 17.9. The Bertz CT molecular complexity index is 896. The SMILES string of the molecule is CCc1cc(Nc2ncc(Br)c(N[C@H](C)CO)n2)cc(CC)c1S(N)(=O)=O. The van der Waals surface area contributed by atoms with Gasteiger partial charge in [0.15, 0.2) is 0 Å². The maximum atomic E-state index is 12.0. The number of hydrogen-bond donors (Lipinski definition) is 4. The van der Waals surface area contributed by atoms with Crippen LogP contribution in [0.5, 0.6) is 0 Å². The second kappa shape index (κ2) is 8.96. The molecule has 0 saturated carbocycles. The molecule has 8 nitrogen and oxygen atoms in total. The Balaban J connectivity index is 2.42. The summed E-state index contributed by atoms with van der Waals surface area (Å²) in [6.45, 7) is 5.55. The van der Waals surface area contributed by atoms with Crippen molar-refractivity contribution >= 4 is 43.4 Å². The van der Waals surface area contributed by atoms with Gasteiger partial charge < -0.3 is 15.7 Å². The molecule has 0 aliphatic heterocycles. The summed E-state index contributed by atoms with van der Waals surface area (Å²) < 4.78 is 24.6. The van der Waals surface area contributed by atoms with E-state index in [-0.39, 0.29) is 17.5 Å². The second-order valence-corrected chi connectivity index (χ2v) is 8.47. The van der Waals surface area contributed by atoms with Crippen molar-refractivity contribution in [3.8, 4) is 0 Å². The molecule has 2 rings (SSSR count). The van der Waals surface area contributed by atoms with Crippen molar-refractivity contribution < 1.29 is 13.5 Å². The molecule has 1 aromatic heterocycles. The fourth-order valence-corrected chi connectivity index (χ4v) is 4.10. The predicted octanol–water partition coefficient (Wildman–Crippen LogP) is 2.55. The Morgan fingerprint density at radius 3 is 2.33 bits per heavy atom. The summed E-state index contributed by atoms with van der Waals surface area (Å²) in [5.41, 5.74) is 1.96. The summed E-state index contributed by atoms with van der Waals surface area (Å²) >= 11 is 3.37. The van der Waals surface area contributed by atoms with Crippen LogP contribution in [0, 0.1) is 0 Å². The monoisotopic (exact) mass is 457 g/mol. The third-order valence-electron chi connectivity index (χ3n) is 3.95. The van der Waals surface area contributed by atoms with Gasteiger partial charge >= 0.3 is 0 Å². The molecule has 1 heterocycles. The topological polar surface area (TPSA) is 130 Å². The minimum absolute atomic E-state index is 0.0338. The molecule has 0 spiro atoms. The molecule has 0 aliphatic rings. The Morgan fingerprint density at radius 2 is 1.85 bits per heavy atom. The predicted molar refractivity (Wildman–Crippen MR) is 110 cm³/mol. The molecule has 0 saturated heterocycles. The first-order chi connectivity index (χ1) is 12.7. The lowest BCUT2D eigenvalue weighted by Gasteiger charge is -2.16. The highest BCUT2D eigenvalue weighted by Gasteiger charge is 2.19. The van der Waals surface area contributed by atoms with Crippen molar-refractivity contribution in [1.29, 1.82) is 0 Å². The van der Waals surface area contributed by atoms with Crippen LogP contribution in [0.25, 0.3) is 0 Å². The number of nitrogens with one attached hydrogen (secondary N) is 2. The number of primary sulfonamides is 1. The zero-order valence-electron chi connectivity index (χ0n) is 15.5. The number of anilines is 3. The number of aliphatic hydroxyl groups is 1. The number of nitrogens with zero attached hydrogens (tertiary/aromatic N) is 2. The van der Waals surface area contributed by atoms with Gasteiger partial charge in [0.25, 0.3) is 0 Å². The van der Waals surface area contributed by atoms with Gasteiger partial charge in [0.2, 0.25) is 16.0 Å². The number of hydrogen-bond acceptors (Lipinski definition) is 7. The van der Waals surface area contributed by atoms with Crippen LogP contribution in [0.2, 0.25) is 0 Å². The molecular formula is C17H24BrN5O3S. The minimum atomic E-state index is -3.81. The fraction of sp³-hybridized carbons (Fsp3) is 0.412. The molecule has 0 bridgehead atoms. The molecule has 1 atom stereocenters. The number of halogens is 1. The number of aromatic nitrogens is 2. The number of benzene rings is 1. The van der Waals surface area contributed by atoms with Crippen molar-refractivity contribution in [2.24, 2.45) is 5.14 Å². The van der Waals surface area contributed by atoms with E-state index in [2.05, 4.69) is 36.5 Å². The molecule has 10 heteroatoms. The third kappa shape index (κ3) is 5.38. The smallest absolute Gasteiger partial charge is 0.238 e. The standard InChI is InChI=1S/C17H24BrN5O3S/c1-4-11-6-13(7-12(5-2)15(11)27(19,25)26)22-17-20-8-14(18)16(23-17)21-10(3)9-24/h6-8,10,24H,4-5,9H2,1-3H3,(H2,19,25,26)(H2,20,21,22,23)/t10-/m1/s1. The molecule has 0 radical (unpaired) electrons. The Morgan fingerprint density at radius 1 is 1.26 bits per heavy atom. The molecular weight excluding hydrogens is 434 g/mol. The Hall–Kier alpha value is -1.75. The molecule has 0 unspecified atom stereocenters. The maximum Gasteiger partial charge on any atom is 0.238 e. The number of sulfonamides is 1. The summed E-state index contributed by atoms with van der Waals surface area (Å²) in [6, 6.07) is 3.32. The lowest BCUT2D eigenvalue weighted by molar-refractivity contribution is 0.281. The van der Waals surface area contributed by atoms with Gasteiger partial charge in [0, 0.05) is 17.9 Å². The van der Waals surface area contributed by atoms with Gasteiger partial charge in [-0.25, -0.2) is 18.5 Å². The van der Waals surface area contributed by atoms with E-state index in [0.29, 0.717) is 45.9 Å². The molecule has 1 aromatic carbocycles. The van der Waals surface area contributed by atoms with Gasteiger partial charge in [0.05, 0.1) is 16.0 Å². The highest BCUT2D eigenvalue weighted by atomic mass is 79.9. The average molecular weight is 458 g/mol. The third-order valence-corrected chi connectivity index (χ3v) is 5.62. The van der Waals surface area contributed by atoms with E-state index in [9.17, 15) is 13.5 Å². The molecule has 148 valence electrons. The van der Waals surface area contributed by atoms with Gasteiger partial charge in [-0.15, -0.1) is 0 Å². The number of rotatable bonds is 8. The van der Waals surface area contributed by atoms with Gasteiger partial charge in [-0.1, -0.05) is 13.8 Å². The van der Waals surface area contributed by atoms with Crippen LogP contribution in [0.3, 0.4) is 0 Å². The lowest BCUT2D eigenvalue weighted by atomic mass is 10.1. The largest absolute Gasteiger partial charge is 0.394 e. The van der Waals surface area contributed by atoms with Gasteiger partial charge in [-0.3, -0.25) is 0 Å². The van der Waals surface area contributed by atoms with Crippen LogP contribution >= 0.6 is 15.9 Å². The van der Waals surface area contributed by atoms with E-state index >= 15 is 0 Å². The molecule has 5 N–H and O–H groups in total. The minimum Gasteiger partial charge on any atom is -0.394 e. The summed E-state index contributed by atoms with van der Waals surface area (Å²) in [7, 11) is -3.81. The number of aryl methyl sites for hydroxylation is 2. The van der Waals surface area contributed by atoms with Gasteiger partial charge in [-0.2, -0.15) is 4.98 Å². The highest BCUT2D eigenvalue weighted by molar-refractivity contribution is 9.10. The van der Waals surface area contributed by atoms with Crippen molar-refractivity contribution in [3.63, 3.8) is 0 Å². The van der Waals surface area contributed by atoms with E-state index in [1.54, 1.807) is 18.3 Å². The van der Waals surface area contributed by atoms with E-state index in [1.165, 1.54) is 0 Å². The lowest BCUT2D eigenvalue weighted by Crippen LogP contribution is -2.20. The molecule has 0 aliphatic carbocycles. The number of nitrogens with two attached hydrogens (primary N) is 1. The summed E-state index contributed by atoms with van der Waals surface area (Å²) in [6.07, 6.45) is 2.65. The number of aliphatic hydroxyl groups excluding tert-OH is 1. The van der Waals surface area contributed by atoms with E-state index in [0.717, 1.165) is 0 Å². The molecule has 2 aromatic rings. The van der Waals surface area contributed by atoms with Crippen molar-refractivity contribution in [1.82, 2.24) is 9.97 Å². The first kappa shape index (κ1) is 21.5. The van der Waals surface area contributed by atoms with Crippen LogP contribution in [0.4, 0.5) is 17.5 Å². The summed E-state index contributed by atoms with van der Waals surface area (Å²) in [5.74, 6) is 0.889. The van der Waals surface area contributed by atoms with Crippen LogP contribution < -0.4 is 15.8 Å². The first-order valence-corrected chi connectivity index (χ1v) is 10.9. The molecule has 0 amide bonds. The molecule has 27 heavy (non-hydrogen) atoms. The highest BCUT2D eigenvalue weighted by Crippen LogP contribution is 2.28. The summed E-state index contributed by atoms with van der Waals surface area (Å²) in [4.78, 5) is 8.83. The van der Waals surface area contributed by atoms with Gasteiger partial charge in [0.1, 0.15) is 5.82 Å². The first-order valence-electron chi connectivity index (χ1n) is 8.55. The van der Waals surface area contributed by atoms with Crippen molar-refractivity contribution in [2.75, 3.05) is 17.2 Å². The average Bonchev–Trinajstić information content (AvgIpc) is 2.62. The van der Waals surface area contributed by atoms with Crippen LogP contribution in [0.15, 0.2) is 27.7 Å². The summed E-state index contributed by atoms with van der Waals surface area (Å²) in [5, 5.41) is 20.8. The van der Waals surface area contributed by atoms with E-state index in [1.807, 2.05) is 20.8 Å². The van der Waals surface area contributed by atoms with Crippen LogP contribution in [-0.4, -0.2) is 36.1 Å². The second-order valence-electron chi connectivity index (χ2n) is 6.12. The van der Waals surface area contributed by atoms with Crippen molar-refractivity contribution in [3.05, 3.63) is 33.9 Å². The Kier molecular flexibility index (Phi) is 7.15. The zero-order chi connectivity index (χ0) is 20.2. The Labute approximate surface area is 167 Å². The maximum absolute atomic E-state index is 12.0. The van der Waals surface area contributed by atoms with Gasteiger partial charge in [-0.05, 0) is 59.0 Å². The van der Waals surface area contributed by atoms with Crippen molar-refractivity contribution in [2.45, 2.75) is 44.6 Å².